The van der Waals surface area contributed by atoms with Crippen molar-refractivity contribution in [3.8, 4) is 0 Å². The molecule has 1 saturated heterocycles. The molecular weight excluding hydrogens is 387 g/mol. The van der Waals surface area contributed by atoms with Gasteiger partial charge in [-0.25, -0.2) is 12.8 Å². The molecule has 1 N–H and O–H groups in total. The van der Waals surface area contributed by atoms with Crippen LogP contribution in [0.3, 0.4) is 0 Å². The van der Waals surface area contributed by atoms with Crippen LogP contribution in [0.4, 0.5) is 4.39 Å². The maximum atomic E-state index is 13.9. The second-order valence-electron chi connectivity index (χ2n) is 6.73. The summed E-state index contributed by atoms with van der Waals surface area (Å²) in [6.07, 6.45) is 0. The Hall–Kier alpha value is -2.72. The number of H-pyrrole nitrogens is 1. The van der Waals surface area contributed by atoms with E-state index in [0.717, 1.165) is 0 Å². The van der Waals surface area contributed by atoms with Crippen molar-refractivity contribution < 1.29 is 22.1 Å². The van der Waals surface area contributed by atoms with Gasteiger partial charge in [0.05, 0.1) is 0 Å². The van der Waals surface area contributed by atoms with Gasteiger partial charge in [-0.1, -0.05) is 11.2 Å². The zero-order valence-electron chi connectivity index (χ0n) is 15.4. The number of hydrogen-bond donors (Lipinski definition) is 1. The Morgan fingerprint density at radius 1 is 1.21 bits per heavy atom. The molecule has 0 unspecified atom stereocenters. The molecule has 3 heterocycles. The lowest BCUT2D eigenvalue weighted by Gasteiger charge is -2.33. The van der Waals surface area contributed by atoms with E-state index in [1.54, 1.807) is 30.9 Å². The number of rotatable bonds is 3. The molecule has 0 spiro atoms. The summed E-state index contributed by atoms with van der Waals surface area (Å²) < 4.78 is 45.9. The number of aromatic nitrogens is 2. The van der Waals surface area contributed by atoms with Crippen LogP contribution in [0, 0.1) is 19.7 Å². The number of sulfonamides is 1. The summed E-state index contributed by atoms with van der Waals surface area (Å²) in [6.45, 7) is 3.93. The smallest absolute Gasteiger partial charge is 0.270 e. The number of carbonyl (C=O) groups is 1. The average molecular weight is 406 g/mol. The number of amides is 1. The van der Waals surface area contributed by atoms with E-state index < -0.39 is 15.8 Å². The number of carbonyl (C=O) groups excluding carboxylic acids is 1. The molecule has 148 valence electrons. The van der Waals surface area contributed by atoms with Crippen LogP contribution in [0.15, 0.2) is 33.7 Å². The third-order valence-electron chi connectivity index (χ3n) is 4.93. The fraction of sp³-hybridized carbons (Fsp3) is 0.333. The molecule has 28 heavy (non-hydrogen) atoms. The first-order valence-electron chi connectivity index (χ1n) is 8.78. The largest absolute Gasteiger partial charge is 0.360 e. The van der Waals surface area contributed by atoms with E-state index in [9.17, 15) is 17.6 Å². The summed E-state index contributed by atoms with van der Waals surface area (Å²) in [5.41, 5.74) is 1.14. The Balaban J connectivity index is 1.50. The minimum Gasteiger partial charge on any atom is -0.360 e. The molecule has 1 aliphatic rings. The Morgan fingerprint density at radius 2 is 1.93 bits per heavy atom. The number of halogens is 1. The van der Waals surface area contributed by atoms with Crippen LogP contribution in [0.25, 0.3) is 10.9 Å². The summed E-state index contributed by atoms with van der Waals surface area (Å²) in [4.78, 5) is 17.3. The average Bonchev–Trinajstić information content (AvgIpc) is 3.25. The van der Waals surface area contributed by atoms with E-state index in [-0.39, 0.29) is 48.4 Å². The fourth-order valence-electron chi connectivity index (χ4n) is 3.51. The molecule has 0 radical (unpaired) electrons. The van der Waals surface area contributed by atoms with E-state index in [2.05, 4.69) is 10.1 Å². The van der Waals surface area contributed by atoms with Gasteiger partial charge in [-0.15, -0.1) is 0 Å². The monoisotopic (exact) mass is 406 g/mol. The van der Waals surface area contributed by atoms with Crippen molar-refractivity contribution >= 4 is 26.8 Å². The molecule has 0 aliphatic carbocycles. The van der Waals surface area contributed by atoms with Crippen molar-refractivity contribution in [1.29, 1.82) is 0 Å². The van der Waals surface area contributed by atoms with E-state index in [1.165, 1.54) is 16.4 Å². The van der Waals surface area contributed by atoms with Gasteiger partial charge in [0, 0.05) is 37.1 Å². The lowest BCUT2D eigenvalue weighted by molar-refractivity contribution is 0.0693. The number of aryl methyl sites for hydroxylation is 2. The first-order chi connectivity index (χ1) is 13.3. The Labute approximate surface area is 161 Å². The van der Waals surface area contributed by atoms with Crippen molar-refractivity contribution in [3.63, 3.8) is 0 Å². The molecule has 1 fully saturated rings. The molecule has 0 saturated carbocycles. The molecule has 4 rings (SSSR count). The van der Waals surface area contributed by atoms with Crippen LogP contribution in [0.1, 0.15) is 21.9 Å². The molecule has 3 aromatic rings. The molecule has 10 heteroatoms. The normalized spacial score (nSPS) is 16.0. The fourth-order valence-corrected chi connectivity index (χ4v) is 5.22. The molecule has 8 nitrogen and oxygen atoms in total. The van der Waals surface area contributed by atoms with Crippen molar-refractivity contribution in [1.82, 2.24) is 19.3 Å². The topological polar surface area (TPSA) is 99.5 Å². The second-order valence-corrected chi connectivity index (χ2v) is 8.61. The van der Waals surface area contributed by atoms with Gasteiger partial charge in [-0.05, 0) is 32.0 Å². The van der Waals surface area contributed by atoms with Gasteiger partial charge in [0.25, 0.3) is 5.91 Å². The van der Waals surface area contributed by atoms with Crippen LogP contribution >= 0.6 is 0 Å². The molecule has 0 bridgehead atoms. The van der Waals surface area contributed by atoms with Crippen LogP contribution in [0.2, 0.25) is 0 Å². The van der Waals surface area contributed by atoms with Gasteiger partial charge in [0.2, 0.25) is 10.0 Å². The maximum Gasteiger partial charge on any atom is 0.270 e. The van der Waals surface area contributed by atoms with Crippen molar-refractivity contribution in [2.45, 2.75) is 18.7 Å². The highest BCUT2D eigenvalue weighted by molar-refractivity contribution is 7.89. The molecule has 1 aliphatic heterocycles. The minimum atomic E-state index is -3.74. The Kier molecular flexibility index (Phi) is 4.47. The number of nitrogens with one attached hydrogen (secondary N) is 1. The highest BCUT2D eigenvalue weighted by Crippen LogP contribution is 2.25. The molecule has 0 atom stereocenters. The lowest BCUT2D eigenvalue weighted by Crippen LogP contribution is -2.50. The predicted molar refractivity (Wildman–Crippen MR) is 98.9 cm³/mol. The van der Waals surface area contributed by atoms with Crippen molar-refractivity contribution in [2.24, 2.45) is 0 Å². The number of aromatic amines is 1. The van der Waals surface area contributed by atoms with Gasteiger partial charge >= 0.3 is 0 Å². The highest BCUT2D eigenvalue weighted by atomic mass is 32.2. The first kappa shape index (κ1) is 18.6. The van der Waals surface area contributed by atoms with Crippen LogP contribution in [-0.4, -0.2) is 59.8 Å². The molecule has 1 amide bonds. The number of piperazine rings is 1. The SMILES string of the molecule is Cc1noc(C)c1S(=O)(=O)N1CCN(C(=O)c2cc3c(F)cccc3[nH]2)CC1. The van der Waals surface area contributed by atoms with Gasteiger partial charge in [0.1, 0.15) is 22.1 Å². The molecular formula is C18H19FN4O4S. The molecule has 1 aromatic carbocycles. The number of benzene rings is 1. The summed E-state index contributed by atoms with van der Waals surface area (Å²) in [5, 5.41) is 4.06. The standard InChI is InChI=1S/C18H19FN4O4S/c1-11-17(12(2)27-21-11)28(25,26)23-8-6-22(7-9-23)18(24)16-10-13-14(19)4-3-5-15(13)20-16/h3-5,10,20H,6-9H2,1-2H3. The minimum absolute atomic E-state index is 0.0818. The zero-order valence-corrected chi connectivity index (χ0v) is 16.2. The lowest BCUT2D eigenvalue weighted by atomic mass is 10.2. The Bertz CT molecular complexity index is 1140. The summed E-state index contributed by atoms with van der Waals surface area (Å²) in [7, 11) is -3.74. The van der Waals surface area contributed by atoms with Crippen LogP contribution < -0.4 is 0 Å². The third kappa shape index (κ3) is 2.98. The zero-order chi connectivity index (χ0) is 20.1. The van der Waals surface area contributed by atoms with Gasteiger partial charge in [-0.3, -0.25) is 4.79 Å². The summed E-state index contributed by atoms with van der Waals surface area (Å²) in [6, 6.07) is 6.09. The van der Waals surface area contributed by atoms with E-state index in [1.807, 2.05) is 0 Å². The highest BCUT2D eigenvalue weighted by Gasteiger charge is 2.34. The first-order valence-corrected chi connectivity index (χ1v) is 10.2. The van der Waals surface area contributed by atoms with Crippen molar-refractivity contribution in [3.05, 3.63) is 47.2 Å². The summed E-state index contributed by atoms with van der Waals surface area (Å²) >= 11 is 0. The van der Waals surface area contributed by atoms with Crippen LogP contribution in [0.5, 0.6) is 0 Å². The van der Waals surface area contributed by atoms with Crippen LogP contribution in [-0.2, 0) is 10.0 Å². The van der Waals surface area contributed by atoms with E-state index in [4.69, 9.17) is 4.52 Å². The predicted octanol–water partition coefficient (Wildman–Crippen LogP) is 2.06. The summed E-state index contributed by atoms with van der Waals surface area (Å²) in [5.74, 6) is -0.440. The van der Waals surface area contributed by atoms with Gasteiger partial charge in [0.15, 0.2) is 5.76 Å². The number of hydrogen-bond acceptors (Lipinski definition) is 5. The third-order valence-corrected chi connectivity index (χ3v) is 7.08. The van der Waals surface area contributed by atoms with E-state index in [0.29, 0.717) is 16.6 Å². The van der Waals surface area contributed by atoms with E-state index >= 15 is 0 Å². The quantitative estimate of drug-likeness (QED) is 0.718. The number of nitrogens with zero attached hydrogens (tertiary/aromatic N) is 3. The van der Waals surface area contributed by atoms with Crippen molar-refractivity contribution in [2.75, 3.05) is 26.2 Å². The molecule has 2 aromatic heterocycles. The van der Waals surface area contributed by atoms with Gasteiger partial charge < -0.3 is 14.4 Å². The Morgan fingerprint density at radius 3 is 2.54 bits per heavy atom. The van der Waals surface area contributed by atoms with Gasteiger partial charge in [-0.2, -0.15) is 4.31 Å². The second kappa shape index (κ2) is 6.71. The maximum absolute atomic E-state index is 13.9. The number of fused-ring (bicyclic) bond motifs is 1.